The van der Waals surface area contributed by atoms with E-state index in [1.807, 2.05) is 24.3 Å². The monoisotopic (exact) mass is 420 g/mol. The largest absolute Gasteiger partial charge is 0.398 e. The molecule has 2 aromatic carbocycles. The zero-order valence-electron chi connectivity index (χ0n) is 15.3. The van der Waals surface area contributed by atoms with Crippen molar-refractivity contribution in [2.75, 3.05) is 25.4 Å². The molecule has 1 saturated heterocycles. The molecule has 1 aliphatic rings. The van der Waals surface area contributed by atoms with Gasteiger partial charge in [0.1, 0.15) is 0 Å². The summed E-state index contributed by atoms with van der Waals surface area (Å²) in [5.41, 5.74) is 7.54. The van der Waals surface area contributed by atoms with Crippen LogP contribution in [0.25, 0.3) is 0 Å². The number of anilines is 1. The summed E-state index contributed by atoms with van der Waals surface area (Å²) in [6.45, 7) is 2.37. The van der Waals surface area contributed by atoms with Gasteiger partial charge in [0.25, 0.3) is 5.91 Å². The number of hydrogen-bond donors (Lipinski definition) is 3. The molecule has 0 radical (unpaired) electrons. The van der Waals surface area contributed by atoms with E-state index >= 15 is 0 Å². The Morgan fingerprint density at radius 3 is 2.57 bits per heavy atom. The predicted octanol–water partition coefficient (Wildman–Crippen LogP) is 2.70. The average molecular weight is 421 g/mol. The average Bonchev–Trinajstić information content (AvgIpc) is 3.10. The number of nitrogen functional groups attached to an aromatic ring is 1. The first-order valence-corrected chi connectivity index (χ1v) is 9.75. The van der Waals surface area contributed by atoms with E-state index in [0.29, 0.717) is 10.7 Å². The van der Waals surface area contributed by atoms with Crippen LogP contribution in [0.3, 0.4) is 0 Å². The third-order valence-corrected chi connectivity index (χ3v) is 5.11. The Labute approximate surface area is 174 Å². The summed E-state index contributed by atoms with van der Waals surface area (Å²) in [5, 5.41) is 6.68. The SMILES string of the molecule is Nc1ccc(Cl)cc1C(=O)NCC(=O)N[C@@H]1CCN(Cc2ccc(Cl)cc2)C1. The van der Waals surface area contributed by atoms with E-state index in [2.05, 4.69) is 15.5 Å². The Morgan fingerprint density at radius 1 is 1.11 bits per heavy atom. The van der Waals surface area contributed by atoms with Crippen LogP contribution in [-0.2, 0) is 11.3 Å². The van der Waals surface area contributed by atoms with Crippen LogP contribution in [0, 0.1) is 0 Å². The predicted molar refractivity (Wildman–Crippen MR) is 111 cm³/mol. The molecule has 0 bridgehead atoms. The minimum absolute atomic E-state index is 0.0629. The second kappa shape index (κ2) is 9.28. The van der Waals surface area contributed by atoms with Crippen molar-refractivity contribution in [3.8, 4) is 0 Å². The zero-order valence-corrected chi connectivity index (χ0v) is 16.8. The molecule has 1 heterocycles. The Hall–Kier alpha value is -2.28. The molecule has 0 spiro atoms. The first-order chi connectivity index (χ1) is 13.4. The van der Waals surface area contributed by atoms with Crippen LogP contribution in [0.5, 0.6) is 0 Å². The zero-order chi connectivity index (χ0) is 20.1. The Balaban J connectivity index is 1.43. The lowest BCUT2D eigenvalue weighted by Gasteiger charge is -2.17. The molecule has 1 aliphatic heterocycles. The second-order valence-corrected chi connectivity index (χ2v) is 7.70. The van der Waals surface area contributed by atoms with Crippen molar-refractivity contribution >= 4 is 40.7 Å². The van der Waals surface area contributed by atoms with E-state index in [1.54, 1.807) is 12.1 Å². The van der Waals surface area contributed by atoms with Crippen LogP contribution < -0.4 is 16.4 Å². The maximum Gasteiger partial charge on any atom is 0.253 e. The normalized spacial score (nSPS) is 16.7. The molecule has 1 atom stereocenters. The molecule has 6 nitrogen and oxygen atoms in total. The van der Waals surface area contributed by atoms with Crippen LogP contribution in [0.15, 0.2) is 42.5 Å². The van der Waals surface area contributed by atoms with Crippen LogP contribution in [0.1, 0.15) is 22.3 Å². The molecule has 0 unspecified atom stereocenters. The minimum atomic E-state index is -0.425. The van der Waals surface area contributed by atoms with Crippen molar-refractivity contribution in [3.05, 3.63) is 63.6 Å². The fourth-order valence-corrected chi connectivity index (χ4v) is 3.50. The number of hydrogen-bond acceptors (Lipinski definition) is 4. The Kier molecular flexibility index (Phi) is 6.78. The van der Waals surface area contributed by atoms with E-state index in [9.17, 15) is 9.59 Å². The molecule has 148 valence electrons. The standard InChI is InChI=1S/C20H22Cl2N4O2/c21-14-3-1-13(2-4-14)11-26-8-7-16(12-26)25-19(27)10-24-20(28)17-9-15(22)5-6-18(17)23/h1-6,9,16H,7-8,10-12,23H2,(H,24,28)(H,25,27)/t16-/m1/s1. The molecule has 28 heavy (non-hydrogen) atoms. The fourth-order valence-electron chi connectivity index (χ4n) is 3.20. The molecule has 1 fully saturated rings. The molecule has 0 saturated carbocycles. The van der Waals surface area contributed by atoms with Gasteiger partial charge in [-0.05, 0) is 42.3 Å². The van der Waals surface area contributed by atoms with E-state index in [-0.39, 0.29) is 24.1 Å². The third kappa shape index (κ3) is 5.61. The lowest BCUT2D eigenvalue weighted by Crippen LogP contribution is -2.43. The maximum absolute atomic E-state index is 12.2. The Morgan fingerprint density at radius 2 is 1.82 bits per heavy atom. The molecule has 0 aliphatic carbocycles. The number of benzene rings is 2. The van der Waals surface area contributed by atoms with Gasteiger partial charge in [-0.25, -0.2) is 0 Å². The van der Waals surface area contributed by atoms with Crippen LogP contribution in [-0.4, -0.2) is 42.4 Å². The third-order valence-electron chi connectivity index (χ3n) is 4.63. The van der Waals surface area contributed by atoms with E-state index < -0.39 is 5.91 Å². The van der Waals surface area contributed by atoms with E-state index in [0.717, 1.165) is 31.1 Å². The summed E-state index contributed by atoms with van der Waals surface area (Å²) in [6.07, 6.45) is 0.870. The number of nitrogens with one attached hydrogen (secondary N) is 2. The molecule has 3 rings (SSSR count). The van der Waals surface area contributed by atoms with Crippen molar-refractivity contribution in [2.24, 2.45) is 0 Å². The Bertz CT molecular complexity index is 858. The number of nitrogens with two attached hydrogens (primary N) is 1. The van der Waals surface area contributed by atoms with Gasteiger partial charge < -0.3 is 16.4 Å². The fraction of sp³-hybridized carbons (Fsp3) is 0.300. The molecule has 2 aromatic rings. The lowest BCUT2D eigenvalue weighted by atomic mass is 10.1. The van der Waals surface area contributed by atoms with Gasteiger partial charge in [-0.2, -0.15) is 0 Å². The summed E-state index contributed by atoms with van der Waals surface area (Å²) in [6, 6.07) is 12.5. The highest BCUT2D eigenvalue weighted by Gasteiger charge is 2.24. The number of carbonyl (C=O) groups is 2. The quantitative estimate of drug-likeness (QED) is 0.626. The number of amides is 2. The number of likely N-dealkylation sites (tertiary alicyclic amines) is 1. The van der Waals surface area contributed by atoms with Crippen molar-refractivity contribution in [3.63, 3.8) is 0 Å². The maximum atomic E-state index is 12.2. The summed E-state index contributed by atoms with van der Waals surface area (Å²) < 4.78 is 0. The number of nitrogens with zero attached hydrogens (tertiary/aromatic N) is 1. The number of carbonyl (C=O) groups excluding carboxylic acids is 2. The van der Waals surface area contributed by atoms with E-state index in [1.165, 1.54) is 11.6 Å². The second-order valence-electron chi connectivity index (χ2n) is 6.83. The lowest BCUT2D eigenvalue weighted by molar-refractivity contribution is -0.120. The number of halogens is 2. The molecular formula is C20H22Cl2N4O2. The molecular weight excluding hydrogens is 399 g/mol. The van der Waals surface area contributed by atoms with Gasteiger partial charge in [0, 0.05) is 41.4 Å². The summed E-state index contributed by atoms with van der Waals surface area (Å²) in [4.78, 5) is 26.6. The first kappa shape index (κ1) is 20.5. The van der Waals surface area contributed by atoms with Crippen molar-refractivity contribution < 1.29 is 9.59 Å². The first-order valence-electron chi connectivity index (χ1n) is 9.00. The summed E-state index contributed by atoms with van der Waals surface area (Å²) in [7, 11) is 0. The van der Waals surface area contributed by atoms with Crippen molar-refractivity contribution in [1.29, 1.82) is 0 Å². The number of rotatable bonds is 6. The van der Waals surface area contributed by atoms with E-state index in [4.69, 9.17) is 28.9 Å². The van der Waals surface area contributed by atoms with Gasteiger partial charge in [-0.1, -0.05) is 35.3 Å². The summed E-state index contributed by atoms with van der Waals surface area (Å²) in [5.74, 6) is -0.654. The highest BCUT2D eigenvalue weighted by atomic mass is 35.5. The van der Waals surface area contributed by atoms with Crippen LogP contribution in [0.2, 0.25) is 10.0 Å². The highest BCUT2D eigenvalue weighted by Crippen LogP contribution is 2.18. The van der Waals surface area contributed by atoms with Crippen molar-refractivity contribution in [2.45, 2.75) is 19.0 Å². The van der Waals surface area contributed by atoms with Gasteiger partial charge in [0.15, 0.2) is 0 Å². The highest BCUT2D eigenvalue weighted by molar-refractivity contribution is 6.31. The van der Waals surface area contributed by atoms with Gasteiger partial charge in [0.2, 0.25) is 5.91 Å². The molecule has 2 amide bonds. The minimum Gasteiger partial charge on any atom is -0.398 e. The van der Waals surface area contributed by atoms with Gasteiger partial charge in [-0.3, -0.25) is 14.5 Å². The molecule has 0 aromatic heterocycles. The van der Waals surface area contributed by atoms with Gasteiger partial charge in [-0.15, -0.1) is 0 Å². The topological polar surface area (TPSA) is 87.5 Å². The van der Waals surface area contributed by atoms with Crippen molar-refractivity contribution in [1.82, 2.24) is 15.5 Å². The van der Waals surface area contributed by atoms with Gasteiger partial charge in [0.05, 0.1) is 12.1 Å². The molecule has 8 heteroatoms. The summed E-state index contributed by atoms with van der Waals surface area (Å²) >= 11 is 11.8. The van der Waals surface area contributed by atoms with Crippen LogP contribution >= 0.6 is 23.2 Å². The van der Waals surface area contributed by atoms with Gasteiger partial charge >= 0.3 is 0 Å². The van der Waals surface area contributed by atoms with Crippen LogP contribution in [0.4, 0.5) is 5.69 Å². The molecule has 4 N–H and O–H groups in total. The smallest absolute Gasteiger partial charge is 0.253 e.